The maximum atomic E-state index is 12.8. The Morgan fingerprint density at radius 2 is 1.68 bits per heavy atom. The minimum Gasteiger partial charge on any atom is -0.475 e. The summed E-state index contributed by atoms with van der Waals surface area (Å²) in [6.45, 7) is 3.44. The molecule has 0 aromatic heterocycles. The number of likely N-dealkylation sites (tertiary alicyclic amines) is 1. The smallest absolute Gasteiger partial charge is 0.475 e. The first-order valence-corrected chi connectivity index (χ1v) is 13.0. The van der Waals surface area contributed by atoms with Gasteiger partial charge in [-0.05, 0) is 53.9 Å². The largest absolute Gasteiger partial charge is 0.490 e. The van der Waals surface area contributed by atoms with Gasteiger partial charge in [-0.15, -0.1) is 0 Å². The van der Waals surface area contributed by atoms with Crippen molar-refractivity contribution in [1.29, 1.82) is 0 Å². The summed E-state index contributed by atoms with van der Waals surface area (Å²) in [6.07, 6.45) is -3.60. The van der Waals surface area contributed by atoms with Gasteiger partial charge in [-0.25, -0.2) is 4.79 Å². The lowest BCUT2D eigenvalue weighted by Crippen LogP contribution is -2.57. The quantitative estimate of drug-likeness (QED) is 0.419. The number of carboxylic acids is 1. The SMILES string of the molecule is O=C(NCCN1CCC2(CC1)C(=O)NCN2c1cccc(Cl)c1)c1ccc2ccccc2c1.O=C(O)C(F)(F)F. The number of aliphatic carboxylic acids is 1. The van der Waals surface area contributed by atoms with Crippen LogP contribution in [0.3, 0.4) is 0 Å². The summed E-state index contributed by atoms with van der Waals surface area (Å²) >= 11 is 6.19. The Morgan fingerprint density at radius 1 is 1.00 bits per heavy atom. The summed E-state index contributed by atoms with van der Waals surface area (Å²) in [7, 11) is 0. The normalized spacial score (nSPS) is 16.8. The number of benzene rings is 3. The molecule has 3 N–H and O–H groups in total. The van der Waals surface area contributed by atoms with Crippen LogP contribution in [0.4, 0.5) is 18.9 Å². The molecule has 5 rings (SSSR count). The second-order valence-corrected chi connectivity index (χ2v) is 10.0. The van der Waals surface area contributed by atoms with Crippen LogP contribution >= 0.6 is 11.6 Å². The summed E-state index contributed by atoms with van der Waals surface area (Å²) in [4.78, 5) is 38.8. The van der Waals surface area contributed by atoms with E-state index in [4.69, 9.17) is 21.5 Å². The number of alkyl halides is 3. The zero-order valence-corrected chi connectivity index (χ0v) is 22.1. The minimum absolute atomic E-state index is 0.0588. The van der Waals surface area contributed by atoms with Crippen LogP contribution in [-0.4, -0.2) is 72.4 Å². The molecule has 0 radical (unpaired) electrons. The molecule has 2 aliphatic heterocycles. The first-order chi connectivity index (χ1) is 19.0. The number of nitrogens with one attached hydrogen (secondary N) is 2. The number of amides is 2. The molecule has 2 aliphatic rings. The molecule has 8 nitrogen and oxygen atoms in total. The molecule has 2 amide bonds. The molecule has 0 saturated carbocycles. The number of hydrogen-bond acceptors (Lipinski definition) is 5. The minimum atomic E-state index is -5.08. The van der Waals surface area contributed by atoms with E-state index in [2.05, 4.69) is 20.4 Å². The Morgan fingerprint density at radius 3 is 2.33 bits per heavy atom. The summed E-state index contributed by atoms with van der Waals surface area (Å²) in [5.41, 5.74) is 1.11. The predicted molar refractivity (Wildman–Crippen MR) is 145 cm³/mol. The van der Waals surface area contributed by atoms with E-state index in [0.717, 1.165) is 48.9 Å². The van der Waals surface area contributed by atoms with Crippen molar-refractivity contribution in [1.82, 2.24) is 15.5 Å². The van der Waals surface area contributed by atoms with E-state index in [0.29, 0.717) is 23.8 Å². The highest BCUT2D eigenvalue weighted by atomic mass is 35.5. The highest BCUT2D eigenvalue weighted by Gasteiger charge is 2.50. The van der Waals surface area contributed by atoms with Gasteiger partial charge in [0.1, 0.15) is 5.54 Å². The standard InChI is InChI=1S/C26H27ClN4O2.C2HF3O2/c27-22-6-3-7-23(17-22)31-18-29-25(33)26(31)10-13-30(14-11-26)15-12-28-24(32)21-9-8-19-4-1-2-5-20(19)16-21;3-2(4,5)1(6)7/h1-9,16-17H,10-15,18H2,(H,28,32)(H,29,33);(H,6,7). The fourth-order valence-corrected chi connectivity index (χ4v) is 5.16. The second kappa shape index (κ2) is 12.1. The van der Waals surface area contributed by atoms with Gasteiger partial charge >= 0.3 is 12.1 Å². The lowest BCUT2D eigenvalue weighted by Gasteiger charge is -2.43. The fourth-order valence-electron chi connectivity index (χ4n) is 4.98. The third kappa shape index (κ3) is 6.65. The van der Waals surface area contributed by atoms with Crippen molar-refractivity contribution >= 4 is 45.8 Å². The van der Waals surface area contributed by atoms with E-state index in [1.807, 2.05) is 66.7 Å². The summed E-state index contributed by atoms with van der Waals surface area (Å²) in [5, 5.41) is 16.0. The van der Waals surface area contributed by atoms with Crippen molar-refractivity contribution in [3.8, 4) is 0 Å². The molecule has 3 aromatic rings. The number of nitrogens with zero attached hydrogens (tertiary/aromatic N) is 2. The average molecular weight is 577 g/mol. The van der Waals surface area contributed by atoms with Gasteiger partial charge < -0.3 is 25.5 Å². The molecule has 0 atom stereocenters. The number of hydrogen-bond donors (Lipinski definition) is 3. The van der Waals surface area contributed by atoms with Crippen molar-refractivity contribution in [3.63, 3.8) is 0 Å². The van der Waals surface area contributed by atoms with E-state index >= 15 is 0 Å². The van der Waals surface area contributed by atoms with Gasteiger partial charge in [0.05, 0.1) is 6.67 Å². The highest BCUT2D eigenvalue weighted by molar-refractivity contribution is 6.30. The number of rotatable bonds is 5. The van der Waals surface area contributed by atoms with Gasteiger partial charge in [0.25, 0.3) is 5.91 Å². The Labute approximate surface area is 233 Å². The van der Waals surface area contributed by atoms with E-state index in [9.17, 15) is 22.8 Å². The van der Waals surface area contributed by atoms with Gasteiger partial charge in [-0.3, -0.25) is 9.59 Å². The number of halogens is 4. The lowest BCUT2D eigenvalue weighted by atomic mass is 9.85. The molecular formula is C28H28ClF3N4O4. The fraction of sp³-hybridized carbons (Fsp3) is 0.321. The van der Waals surface area contributed by atoms with Gasteiger partial charge in [0.2, 0.25) is 5.91 Å². The zero-order chi connectivity index (χ0) is 28.9. The van der Waals surface area contributed by atoms with Crippen molar-refractivity contribution in [2.24, 2.45) is 0 Å². The summed E-state index contributed by atoms with van der Waals surface area (Å²) < 4.78 is 31.7. The Balaban J connectivity index is 0.000000470. The van der Waals surface area contributed by atoms with E-state index < -0.39 is 17.7 Å². The second-order valence-electron chi connectivity index (χ2n) is 9.57. The third-order valence-electron chi connectivity index (χ3n) is 7.11. The van der Waals surface area contributed by atoms with Crippen molar-refractivity contribution in [2.45, 2.75) is 24.6 Å². The molecule has 212 valence electrons. The van der Waals surface area contributed by atoms with Crippen LogP contribution in [0.25, 0.3) is 10.8 Å². The molecule has 0 aliphatic carbocycles. The van der Waals surface area contributed by atoms with E-state index in [1.54, 1.807) is 0 Å². The number of carboxylic acid groups (broad SMARTS) is 1. The lowest BCUT2D eigenvalue weighted by molar-refractivity contribution is -0.192. The predicted octanol–water partition coefficient (Wildman–Crippen LogP) is 4.28. The van der Waals surface area contributed by atoms with Crippen molar-refractivity contribution < 1.29 is 32.7 Å². The first-order valence-electron chi connectivity index (χ1n) is 12.6. The van der Waals surface area contributed by atoms with Crippen LogP contribution in [0, 0.1) is 0 Å². The Kier molecular flexibility index (Phi) is 8.85. The van der Waals surface area contributed by atoms with Crippen LogP contribution in [0.1, 0.15) is 23.2 Å². The number of anilines is 1. The monoisotopic (exact) mass is 576 g/mol. The summed E-state index contributed by atoms with van der Waals surface area (Å²) in [5.74, 6) is -2.73. The van der Waals surface area contributed by atoms with Gasteiger partial charge in [0.15, 0.2) is 0 Å². The zero-order valence-electron chi connectivity index (χ0n) is 21.4. The third-order valence-corrected chi connectivity index (χ3v) is 7.34. The maximum Gasteiger partial charge on any atom is 0.490 e. The van der Waals surface area contributed by atoms with E-state index in [1.165, 1.54) is 0 Å². The molecule has 3 aromatic carbocycles. The van der Waals surface area contributed by atoms with Gasteiger partial charge in [0, 0.05) is 42.5 Å². The highest BCUT2D eigenvalue weighted by Crippen LogP contribution is 2.36. The number of carbonyl (C=O) groups excluding carboxylic acids is 2. The Hall–Kier alpha value is -3.83. The molecular weight excluding hydrogens is 549 g/mol. The van der Waals surface area contributed by atoms with Crippen molar-refractivity contribution in [2.75, 3.05) is 37.7 Å². The number of carbonyl (C=O) groups is 3. The molecule has 0 unspecified atom stereocenters. The van der Waals surface area contributed by atoms with Crippen LogP contribution in [0.2, 0.25) is 5.02 Å². The van der Waals surface area contributed by atoms with E-state index in [-0.39, 0.29) is 11.8 Å². The Bertz CT molecular complexity index is 1390. The number of fused-ring (bicyclic) bond motifs is 1. The van der Waals surface area contributed by atoms with Crippen LogP contribution in [0.5, 0.6) is 0 Å². The topological polar surface area (TPSA) is 102 Å². The average Bonchev–Trinajstić information content (AvgIpc) is 3.24. The molecule has 2 heterocycles. The van der Waals surface area contributed by atoms with Gasteiger partial charge in [-0.2, -0.15) is 13.2 Å². The molecule has 40 heavy (non-hydrogen) atoms. The molecule has 12 heteroatoms. The van der Waals surface area contributed by atoms with Crippen LogP contribution in [-0.2, 0) is 9.59 Å². The maximum absolute atomic E-state index is 12.8. The molecule has 0 bridgehead atoms. The molecule has 2 fully saturated rings. The summed E-state index contributed by atoms with van der Waals surface area (Å²) in [6, 6.07) is 21.5. The molecule has 1 spiro atoms. The van der Waals surface area contributed by atoms with Crippen molar-refractivity contribution in [3.05, 3.63) is 77.3 Å². The van der Waals surface area contributed by atoms with Crippen LogP contribution < -0.4 is 15.5 Å². The first kappa shape index (κ1) is 29.2. The van der Waals surface area contributed by atoms with Crippen LogP contribution in [0.15, 0.2) is 66.7 Å². The van der Waals surface area contributed by atoms with Gasteiger partial charge in [-0.1, -0.05) is 48.0 Å². The number of piperidine rings is 1. The molecule has 2 saturated heterocycles.